The SMILES string of the molecule is c1ccc(C2(c3ccccc3)c3ccccc3N(c3cc4c5c(c3)Oc3ccccc3B5c3ccccc3O4)c3ccccc32)cc1. The molecule has 0 bridgehead atoms. The first-order chi connectivity index (χ1) is 23.3. The van der Waals surface area contributed by atoms with Gasteiger partial charge in [-0.3, -0.25) is 0 Å². The van der Waals surface area contributed by atoms with Crippen molar-refractivity contribution in [1.82, 2.24) is 0 Å². The van der Waals surface area contributed by atoms with E-state index in [9.17, 15) is 0 Å². The predicted octanol–water partition coefficient (Wildman–Crippen LogP) is 8.58. The van der Waals surface area contributed by atoms with Crippen LogP contribution in [0.1, 0.15) is 22.3 Å². The van der Waals surface area contributed by atoms with Crippen molar-refractivity contribution in [3.63, 3.8) is 0 Å². The van der Waals surface area contributed by atoms with Crippen molar-refractivity contribution < 1.29 is 9.47 Å². The van der Waals surface area contributed by atoms with E-state index < -0.39 is 5.41 Å². The zero-order chi connectivity index (χ0) is 31.0. The molecule has 3 aliphatic heterocycles. The van der Waals surface area contributed by atoms with Crippen LogP contribution in [0.25, 0.3) is 0 Å². The lowest BCUT2D eigenvalue weighted by molar-refractivity contribution is 0.465. The van der Waals surface area contributed by atoms with Gasteiger partial charge in [0.1, 0.15) is 23.0 Å². The molecule has 0 saturated carbocycles. The van der Waals surface area contributed by atoms with Crippen molar-refractivity contribution in [3.05, 3.63) is 192 Å². The third-order valence-electron chi connectivity index (χ3n) is 10.0. The number of fused-ring (bicyclic) bond motifs is 6. The summed E-state index contributed by atoms with van der Waals surface area (Å²) in [6.07, 6.45) is 0. The van der Waals surface area contributed by atoms with Gasteiger partial charge in [0.25, 0.3) is 6.71 Å². The number of hydrogen-bond acceptors (Lipinski definition) is 3. The summed E-state index contributed by atoms with van der Waals surface area (Å²) >= 11 is 0. The number of benzene rings is 7. The summed E-state index contributed by atoms with van der Waals surface area (Å²) in [5, 5.41) is 0. The summed E-state index contributed by atoms with van der Waals surface area (Å²) in [7, 11) is 0. The zero-order valence-electron chi connectivity index (χ0n) is 25.5. The molecule has 0 radical (unpaired) electrons. The minimum atomic E-state index is -0.523. The summed E-state index contributed by atoms with van der Waals surface area (Å²) in [6.45, 7) is 0.0358. The Kier molecular flexibility index (Phi) is 5.59. The van der Waals surface area contributed by atoms with Crippen molar-refractivity contribution in [2.45, 2.75) is 5.41 Å². The van der Waals surface area contributed by atoms with Crippen molar-refractivity contribution in [1.29, 1.82) is 0 Å². The monoisotopic (exact) mass is 601 g/mol. The van der Waals surface area contributed by atoms with Crippen LogP contribution >= 0.6 is 0 Å². The molecule has 0 unspecified atom stereocenters. The topological polar surface area (TPSA) is 21.7 Å². The first-order valence-electron chi connectivity index (χ1n) is 16.1. The highest BCUT2D eigenvalue weighted by atomic mass is 16.5. The van der Waals surface area contributed by atoms with Crippen LogP contribution in [0.4, 0.5) is 17.1 Å². The number of nitrogens with zero attached hydrogens (tertiary/aromatic N) is 1. The van der Waals surface area contributed by atoms with E-state index in [0.29, 0.717) is 0 Å². The van der Waals surface area contributed by atoms with E-state index in [1.807, 2.05) is 12.1 Å². The van der Waals surface area contributed by atoms with Crippen molar-refractivity contribution in [2.75, 3.05) is 4.90 Å². The van der Waals surface area contributed by atoms with E-state index >= 15 is 0 Å². The number of hydrogen-bond donors (Lipinski definition) is 0. The van der Waals surface area contributed by atoms with Gasteiger partial charge in [0.05, 0.1) is 22.5 Å². The zero-order valence-corrected chi connectivity index (χ0v) is 25.5. The van der Waals surface area contributed by atoms with E-state index in [4.69, 9.17) is 9.47 Å². The lowest BCUT2D eigenvalue weighted by atomic mass is 9.35. The molecule has 3 aliphatic rings. The minimum Gasteiger partial charge on any atom is -0.458 e. The fourth-order valence-electron chi connectivity index (χ4n) is 8.20. The van der Waals surface area contributed by atoms with Crippen LogP contribution < -0.4 is 30.8 Å². The maximum Gasteiger partial charge on any atom is 0.260 e. The standard InChI is InChI=1S/C43H28BNO2/c1-3-15-29(16-4-1)43(30-17-5-2-6-18-30)32-19-7-11-23-36(32)45(37-24-12-8-20-33(37)43)31-27-40-42-41(28-31)47-39-26-14-10-22-35(39)44(42)34-21-9-13-25-38(34)46-40/h1-28H. The summed E-state index contributed by atoms with van der Waals surface area (Å²) in [6, 6.07) is 60.6. The maximum atomic E-state index is 6.72. The average Bonchev–Trinajstić information content (AvgIpc) is 3.14. The molecule has 0 spiro atoms. The quantitative estimate of drug-likeness (QED) is 0.190. The number of anilines is 3. The van der Waals surface area contributed by atoms with Gasteiger partial charge in [-0.2, -0.15) is 0 Å². The van der Waals surface area contributed by atoms with Crippen molar-refractivity contribution in [3.8, 4) is 23.0 Å². The lowest BCUT2D eigenvalue weighted by Gasteiger charge is -2.46. The van der Waals surface area contributed by atoms with Gasteiger partial charge in [-0.15, -0.1) is 0 Å². The third kappa shape index (κ3) is 3.64. The lowest BCUT2D eigenvalue weighted by Crippen LogP contribution is -2.57. The highest BCUT2D eigenvalue weighted by Gasteiger charge is 2.47. The summed E-state index contributed by atoms with van der Waals surface area (Å²) in [5.41, 5.74) is 11.0. The second-order valence-corrected chi connectivity index (χ2v) is 12.4. The minimum absolute atomic E-state index is 0.0358. The van der Waals surface area contributed by atoms with Crippen LogP contribution in [0.5, 0.6) is 23.0 Å². The van der Waals surface area contributed by atoms with Gasteiger partial charge in [-0.05, 0) is 57.4 Å². The van der Waals surface area contributed by atoms with Crippen molar-refractivity contribution >= 4 is 40.2 Å². The van der Waals surface area contributed by atoms with Crippen LogP contribution in [-0.2, 0) is 5.41 Å². The largest absolute Gasteiger partial charge is 0.458 e. The van der Waals surface area contributed by atoms with Crippen LogP contribution in [-0.4, -0.2) is 6.71 Å². The number of para-hydroxylation sites is 4. The van der Waals surface area contributed by atoms with E-state index in [1.165, 1.54) is 22.3 Å². The third-order valence-corrected chi connectivity index (χ3v) is 10.0. The summed E-state index contributed by atoms with van der Waals surface area (Å²) in [4.78, 5) is 2.38. The molecule has 220 valence electrons. The van der Waals surface area contributed by atoms with Gasteiger partial charge in [0, 0.05) is 17.6 Å². The second-order valence-electron chi connectivity index (χ2n) is 12.4. The molecule has 7 aromatic carbocycles. The van der Waals surface area contributed by atoms with E-state index in [-0.39, 0.29) is 6.71 Å². The Bertz CT molecular complexity index is 2180. The summed E-state index contributed by atoms with van der Waals surface area (Å²) < 4.78 is 13.4. The molecule has 10 rings (SSSR count). The molecule has 3 nitrogen and oxygen atoms in total. The van der Waals surface area contributed by atoms with Crippen LogP contribution in [0.3, 0.4) is 0 Å². The van der Waals surface area contributed by atoms with Crippen molar-refractivity contribution in [2.24, 2.45) is 0 Å². The Hall–Kier alpha value is -6.00. The molecule has 3 heterocycles. The van der Waals surface area contributed by atoms with Crippen LogP contribution in [0.2, 0.25) is 0 Å². The predicted molar refractivity (Wildman–Crippen MR) is 191 cm³/mol. The van der Waals surface area contributed by atoms with Crippen LogP contribution in [0, 0.1) is 0 Å². The van der Waals surface area contributed by atoms with E-state index in [1.54, 1.807) is 0 Å². The van der Waals surface area contributed by atoms with Gasteiger partial charge >= 0.3 is 0 Å². The van der Waals surface area contributed by atoms with E-state index in [2.05, 4.69) is 163 Å². The average molecular weight is 602 g/mol. The molecular weight excluding hydrogens is 573 g/mol. The molecule has 0 atom stereocenters. The Labute approximate surface area is 274 Å². The molecular formula is C43H28BNO2. The molecule has 0 N–H and O–H groups in total. The molecule has 0 amide bonds. The summed E-state index contributed by atoms with van der Waals surface area (Å²) in [5.74, 6) is 3.43. The Morgan fingerprint density at radius 2 is 0.851 bits per heavy atom. The molecule has 0 saturated heterocycles. The maximum absolute atomic E-state index is 6.72. The molecule has 4 heteroatoms. The molecule has 0 aromatic heterocycles. The van der Waals surface area contributed by atoms with Gasteiger partial charge in [-0.25, -0.2) is 0 Å². The fourth-order valence-corrected chi connectivity index (χ4v) is 8.20. The second kappa shape index (κ2) is 10.0. The van der Waals surface area contributed by atoms with Gasteiger partial charge in [0.2, 0.25) is 0 Å². The van der Waals surface area contributed by atoms with Crippen LogP contribution in [0.15, 0.2) is 170 Å². The first-order valence-corrected chi connectivity index (χ1v) is 16.1. The molecule has 47 heavy (non-hydrogen) atoms. The normalized spacial score (nSPS) is 14.4. The van der Waals surface area contributed by atoms with Gasteiger partial charge in [-0.1, -0.05) is 133 Å². The number of ether oxygens (including phenoxy) is 2. The molecule has 7 aromatic rings. The smallest absolute Gasteiger partial charge is 0.260 e. The Balaban J connectivity index is 1.25. The Morgan fingerprint density at radius 1 is 0.426 bits per heavy atom. The molecule has 0 aliphatic carbocycles. The highest BCUT2D eigenvalue weighted by molar-refractivity contribution is 6.98. The van der Waals surface area contributed by atoms with Gasteiger partial charge < -0.3 is 14.4 Å². The fraction of sp³-hybridized carbons (Fsp3) is 0.0233. The Morgan fingerprint density at radius 3 is 1.36 bits per heavy atom. The first kappa shape index (κ1) is 26.2. The highest BCUT2D eigenvalue weighted by Crippen LogP contribution is 2.58. The van der Waals surface area contributed by atoms with E-state index in [0.717, 1.165) is 56.4 Å². The number of rotatable bonds is 3. The molecule has 0 fully saturated rings. The van der Waals surface area contributed by atoms with Gasteiger partial charge in [0.15, 0.2) is 0 Å².